The predicted molar refractivity (Wildman–Crippen MR) is 145 cm³/mol. The van der Waals surface area contributed by atoms with Crippen molar-refractivity contribution >= 4 is 41.3 Å². The summed E-state index contributed by atoms with van der Waals surface area (Å²) in [6, 6.07) is 8.04. The Morgan fingerprint density at radius 1 is 1.05 bits per heavy atom. The van der Waals surface area contributed by atoms with Crippen molar-refractivity contribution in [1.29, 1.82) is 0 Å². The van der Waals surface area contributed by atoms with Gasteiger partial charge >= 0.3 is 11.8 Å². The number of hydroxylamine groups is 1. The topological polar surface area (TPSA) is 102 Å². The number of likely N-dealkylation sites (N-methyl/N-ethyl adjacent to an activating group) is 1. The molecule has 0 spiro atoms. The number of hydrogen-bond donors (Lipinski definition) is 2. The molecular formula is C26H33ClF2N4O5S. The van der Waals surface area contributed by atoms with Gasteiger partial charge in [-0.15, -0.1) is 0 Å². The van der Waals surface area contributed by atoms with Crippen molar-refractivity contribution in [3.8, 4) is 11.5 Å². The van der Waals surface area contributed by atoms with Crippen molar-refractivity contribution in [2.45, 2.75) is 38.0 Å². The molecule has 13 heteroatoms. The third-order valence-electron chi connectivity index (χ3n) is 5.54. The molecule has 0 unspecified atom stereocenters. The molecule has 39 heavy (non-hydrogen) atoms. The summed E-state index contributed by atoms with van der Waals surface area (Å²) >= 11 is 6.65. The van der Waals surface area contributed by atoms with Gasteiger partial charge in [-0.25, -0.2) is 18.6 Å². The molecule has 0 bridgehead atoms. The second-order valence-corrected chi connectivity index (χ2v) is 9.95. The molecule has 1 fully saturated rings. The predicted octanol–water partition coefficient (Wildman–Crippen LogP) is 4.72. The van der Waals surface area contributed by atoms with E-state index in [9.17, 15) is 23.2 Å². The van der Waals surface area contributed by atoms with E-state index in [1.54, 1.807) is 0 Å². The Kier molecular flexibility index (Phi) is 13.4. The lowest BCUT2D eigenvalue weighted by Crippen LogP contribution is -2.47. The highest BCUT2D eigenvalue weighted by molar-refractivity contribution is 7.97. The maximum atomic E-state index is 14.7. The van der Waals surface area contributed by atoms with Crippen LogP contribution in [-0.2, 0) is 14.4 Å². The van der Waals surface area contributed by atoms with E-state index in [0.29, 0.717) is 18.1 Å². The number of piperidine rings is 1. The zero-order valence-corrected chi connectivity index (χ0v) is 23.7. The fraction of sp³-hybridized carbons (Fsp3) is 0.423. The number of nitrogens with one attached hydrogen (secondary N) is 1. The number of halogens is 3. The monoisotopic (exact) mass is 586 g/mol. The van der Waals surface area contributed by atoms with Crippen LogP contribution in [0.5, 0.6) is 11.5 Å². The first-order valence-corrected chi connectivity index (χ1v) is 13.7. The largest absolute Gasteiger partial charge is 0.451 e. The van der Waals surface area contributed by atoms with Crippen LogP contribution >= 0.6 is 23.5 Å². The van der Waals surface area contributed by atoms with E-state index in [2.05, 4.69) is 0 Å². The number of rotatable bonds is 9. The highest BCUT2D eigenvalue weighted by atomic mass is 35.5. The van der Waals surface area contributed by atoms with Gasteiger partial charge in [0.05, 0.1) is 6.54 Å². The van der Waals surface area contributed by atoms with Gasteiger partial charge in [-0.1, -0.05) is 25.4 Å². The fourth-order valence-electron chi connectivity index (χ4n) is 3.57. The summed E-state index contributed by atoms with van der Waals surface area (Å²) < 4.78 is 36.1. The highest BCUT2D eigenvalue weighted by Crippen LogP contribution is 2.33. The van der Waals surface area contributed by atoms with Gasteiger partial charge in [0.15, 0.2) is 17.4 Å². The lowest BCUT2D eigenvalue weighted by atomic mass is 10.1. The molecule has 1 saturated heterocycles. The van der Waals surface area contributed by atoms with Gasteiger partial charge < -0.3 is 14.5 Å². The van der Waals surface area contributed by atoms with Crippen LogP contribution in [0.2, 0.25) is 5.02 Å². The molecule has 1 aliphatic heterocycles. The van der Waals surface area contributed by atoms with Gasteiger partial charge in [0.1, 0.15) is 5.75 Å². The SMILES string of the molecule is CC.CN(CCN(CC(=O)NO)Sc1cc(F)c(Oc2ccc(Cl)cc2)c(F)c1)C(=O)C(=O)N1CCCCC1. The van der Waals surface area contributed by atoms with E-state index in [0.717, 1.165) is 43.3 Å². The number of nitrogens with zero attached hydrogens (tertiary/aromatic N) is 3. The van der Waals surface area contributed by atoms with Crippen LogP contribution in [0.3, 0.4) is 0 Å². The van der Waals surface area contributed by atoms with Crippen LogP contribution in [0.25, 0.3) is 0 Å². The molecule has 9 nitrogen and oxygen atoms in total. The summed E-state index contributed by atoms with van der Waals surface area (Å²) in [5, 5.41) is 9.36. The number of hydrogen-bond acceptors (Lipinski definition) is 7. The number of likely N-dealkylation sites (tertiary alicyclic amines) is 1. The molecule has 1 heterocycles. The number of ether oxygens (including phenoxy) is 1. The Morgan fingerprint density at radius 3 is 2.21 bits per heavy atom. The van der Waals surface area contributed by atoms with Crippen LogP contribution in [0.15, 0.2) is 41.3 Å². The maximum absolute atomic E-state index is 14.7. The van der Waals surface area contributed by atoms with E-state index < -0.39 is 35.1 Å². The Balaban J connectivity index is 0.00000260. The van der Waals surface area contributed by atoms with Crippen LogP contribution in [0.1, 0.15) is 33.1 Å². The molecule has 0 radical (unpaired) electrons. The van der Waals surface area contributed by atoms with Crippen molar-refractivity contribution in [2.24, 2.45) is 0 Å². The average Bonchev–Trinajstić information content (AvgIpc) is 2.95. The van der Waals surface area contributed by atoms with E-state index in [1.807, 2.05) is 13.8 Å². The van der Waals surface area contributed by atoms with Crippen LogP contribution < -0.4 is 10.2 Å². The van der Waals surface area contributed by atoms with Gasteiger partial charge in [-0.3, -0.25) is 19.6 Å². The molecule has 0 saturated carbocycles. The molecular weight excluding hydrogens is 554 g/mol. The second kappa shape index (κ2) is 16.2. The third kappa shape index (κ3) is 9.95. The molecule has 2 aromatic rings. The molecule has 2 aromatic carbocycles. The standard InChI is InChI=1S/C24H27ClF2N4O5S.C2H6/c1-29(23(33)24(34)30-9-3-2-4-10-30)11-12-31(15-21(32)28-35)37-18-13-19(26)22(20(27)14-18)36-17-7-5-16(25)6-8-17;1-2/h5-8,13-14,35H,2-4,9-12,15H2,1H3,(H,28,32);1-2H3. The van der Waals surface area contributed by atoms with E-state index >= 15 is 0 Å². The molecule has 3 amide bonds. The van der Waals surface area contributed by atoms with Crippen LogP contribution in [0, 0.1) is 11.6 Å². The first-order chi connectivity index (χ1) is 18.7. The quantitative estimate of drug-likeness (QED) is 0.190. The zero-order chi connectivity index (χ0) is 28.9. The molecule has 214 valence electrons. The maximum Gasteiger partial charge on any atom is 0.312 e. The third-order valence-corrected chi connectivity index (χ3v) is 6.81. The first kappa shape index (κ1) is 32.3. The number of carbonyl (C=O) groups excluding carboxylic acids is 3. The highest BCUT2D eigenvalue weighted by Gasteiger charge is 2.27. The lowest BCUT2D eigenvalue weighted by Gasteiger charge is -2.29. The summed E-state index contributed by atoms with van der Waals surface area (Å²) in [5.41, 5.74) is 1.50. The molecule has 1 aliphatic rings. The van der Waals surface area contributed by atoms with E-state index in [-0.39, 0.29) is 30.3 Å². The van der Waals surface area contributed by atoms with Crippen LogP contribution in [-0.4, -0.2) is 76.8 Å². The smallest absolute Gasteiger partial charge is 0.312 e. The lowest BCUT2D eigenvalue weighted by molar-refractivity contribution is -0.151. The Morgan fingerprint density at radius 2 is 1.64 bits per heavy atom. The second-order valence-electron chi connectivity index (χ2n) is 8.34. The van der Waals surface area contributed by atoms with E-state index in [4.69, 9.17) is 21.5 Å². The van der Waals surface area contributed by atoms with Gasteiger partial charge in [-0.2, -0.15) is 0 Å². The zero-order valence-electron chi connectivity index (χ0n) is 22.1. The van der Waals surface area contributed by atoms with Crippen molar-refractivity contribution in [3.63, 3.8) is 0 Å². The summed E-state index contributed by atoms with van der Waals surface area (Å²) in [6.45, 7) is 4.82. The molecule has 2 N–H and O–H groups in total. The summed E-state index contributed by atoms with van der Waals surface area (Å²) in [7, 11) is 1.46. The fourth-order valence-corrected chi connectivity index (χ4v) is 4.66. The minimum absolute atomic E-state index is 0.0485. The molecule has 0 aromatic heterocycles. The molecule has 0 atom stereocenters. The van der Waals surface area contributed by atoms with Crippen LogP contribution in [0.4, 0.5) is 8.78 Å². The summed E-state index contributed by atoms with van der Waals surface area (Å²) in [6.07, 6.45) is 2.71. The van der Waals surface area contributed by atoms with Gasteiger partial charge in [0.2, 0.25) is 0 Å². The average molecular weight is 587 g/mol. The van der Waals surface area contributed by atoms with Gasteiger partial charge in [-0.05, 0) is 67.6 Å². The minimum Gasteiger partial charge on any atom is -0.451 e. The van der Waals surface area contributed by atoms with Gasteiger partial charge in [0, 0.05) is 43.1 Å². The van der Waals surface area contributed by atoms with E-state index in [1.165, 1.54) is 50.9 Å². The minimum atomic E-state index is -0.969. The Bertz CT molecular complexity index is 1100. The Labute approximate surface area is 236 Å². The number of amides is 3. The summed E-state index contributed by atoms with van der Waals surface area (Å²) in [5.74, 6) is -4.39. The van der Waals surface area contributed by atoms with Crippen molar-refractivity contribution in [3.05, 3.63) is 53.1 Å². The number of benzene rings is 2. The number of carbonyl (C=O) groups is 3. The molecule has 0 aliphatic carbocycles. The van der Waals surface area contributed by atoms with Crippen molar-refractivity contribution in [1.82, 2.24) is 19.6 Å². The van der Waals surface area contributed by atoms with Gasteiger partial charge in [0.25, 0.3) is 5.91 Å². The first-order valence-electron chi connectivity index (χ1n) is 12.5. The normalized spacial score (nSPS) is 12.9. The summed E-state index contributed by atoms with van der Waals surface area (Å²) in [4.78, 5) is 39.7. The van der Waals surface area contributed by atoms with Crippen molar-refractivity contribution < 1.29 is 33.1 Å². The Hall–Kier alpha value is -2.93. The van der Waals surface area contributed by atoms with Crippen molar-refractivity contribution in [2.75, 3.05) is 39.8 Å². The molecule has 3 rings (SSSR count).